The molecule has 2 rings (SSSR count). The van der Waals surface area contributed by atoms with E-state index in [1.54, 1.807) is 0 Å². The van der Waals surface area contributed by atoms with Crippen molar-refractivity contribution in [3.8, 4) is 0 Å². The molecule has 2 aliphatic heterocycles. The largest absolute Gasteiger partial charge is 0.357 e. The molecule has 152 valence electrons. The topological polar surface area (TPSA) is 42.9 Å². The molecule has 0 aliphatic carbocycles. The van der Waals surface area contributed by atoms with Crippen molar-refractivity contribution in [3.05, 3.63) is 0 Å². The second-order valence-electron chi connectivity index (χ2n) is 8.51. The summed E-state index contributed by atoms with van der Waals surface area (Å²) in [4.78, 5) is 10.3. The number of rotatable bonds is 9. The van der Waals surface area contributed by atoms with Crippen molar-refractivity contribution in [1.29, 1.82) is 0 Å². The van der Waals surface area contributed by atoms with E-state index in [2.05, 4.69) is 48.1 Å². The van der Waals surface area contributed by atoms with Crippen LogP contribution in [0.3, 0.4) is 0 Å². The van der Waals surface area contributed by atoms with Crippen molar-refractivity contribution in [2.75, 3.05) is 45.8 Å². The number of nitrogens with one attached hydrogen (secondary N) is 2. The molecular weight excluding hydrogens is 322 g/mol. The molecule has 0 aromatic heterocycles. The van der Waals surface area contributed by atoms with Gasteiger partial charge in [0.2, 0.25) is 0 Å². The molecule has 0 saturated carbocycles. The van der Waals surface area contributed by atoms with E-state index in [0.717, 1.165) is 25.0 Å². The number of piperidine rings is 1. The summed E-state index contributed by atoms with van der Waals surface area (Å²) in [7, 11) is 0. The second-order valence-corrected chi connectivity index (χ2v) is 8.51. The summed E-state index contributed by atoms with van der Waals surface area (Å²) in [6.07, 6.45) is 7.67. The predicted octanol–water partition coefficient (Wildman–Crippen LogP) is 2.93. The van der Waals surface area contributed by atoms with E-state index in [9.17, 15) is 0 Å². The van der Waals surface area contributed by atoms with Crippen LogP contribution in [-0.4, -0.2) is 73.7 Å². The highest BCUT2D eigenvalue weighted by molar-refractivity contribution is 5.80. The first-order valence-electron chi connectivity index (χ1n) is 11.1. The highest BCUT2D eigenvalue weighted by Gasteiger charge is 2.23. The molecule has 1 atom stereocenters. The highest BCUT2D eigenvalue weighted by Crippen LogP contribution is 2.18. The molecule has 2 saturated heterocycles. The van der Waals surface area contributed by atoms with Gasteiger partial charge in [-0.2, -0.15) is 0 Å². The third-order valence-electron chi connectivity index (χ3n) is 5.67. The van der Waals surface area contributed by atoms with E-state index in [4.69, 9.17) is 4.99 Å². The molecule has 2 N–H and O–H groups in total. The molecule has 0 aromatic rings. The Kier molecular flexibility index (Phi) is 9.76. The summed E-state index contributed by atoms with van der Waals surface area (Å²) in [5, 5.41) is 7.18. The first kappa shape index (κ1) is 21.5. The van der Waals surface area contributed by atoms with Crippen molar-refractivity contribution in [2.24, 2.45) is 10.9 Å². The van der Waals surface area contributed by atoms with E-state index >= 15 is 0 Å². The molecular formula is C21H43N5. The van der Waals surface area contributed by atoms with Gasteiger partial charge in [0.1, 0.15) is 0 Å². The zero-order valence-corrected chi connectivity index (χ0v) is 17.8. The van der Waals surface area contributed by atoms with Crippen molar-refractivity contribution >= 4 is 5.96 Å². The number of aliphatic imine (C=N–C) groups is 1. The highest BCUT2D eigenvalue weighted by atomic mass is 15.2. The monoisotopic (exact) mass is 365 g/mol. The van der Waals surface area contributed by atoms with Crippen LogP contribution in [0.25, 0.3) is 0 Å². The maximum atomic E-state index is 5.00. The van der Waals surface area contributed by atoms with Gasteiger partial charge in [-0.3, -0.25) is 9.89 Å². The first-order chi connectivity index (χ1) is 12.6. The van der Waals surface area contributed by atoms with E-state index in [1.165, 1.54) is 71.2 Å². The van der Waals surface area contributed by atoms with Crippen molar-refractivity contribution in [3.63, 3.8) is 0 Å². The van der Waals surface area contributed by atoms with Gasteiger partial charge in [0.05, 0.1) is 6.54 Å². The lowest BCUT2D eigenvalue weighted by Crippen LogP contribution is -2.49. The Morgan fingerprint density at radius 3 is 2.35 bits per heavy atom. The Labute approximate surface area is 162 Å². The van der Waals surface area contributed by atoms with Crippen molar-refractivity contribution in [1.82, 2.24) is 20.4 Å². The van der Waals surface area contributed by atoms with Crippen LogP contribution < -0.4 is 10.6 Å². The SMILES string of the molecule is CCCN1CCC(NC(=NCC(CC(C)C)N2CCCC2)NCC)CC1. The van der Waals surface area contributed by atoms with Gasteiger partial charge in [0.15, 0.2) is 5.96 Å². The Morgan fingerprint density at radius 2 is 1.77 bits per heavy atom. The quantitative estimate of drug-likeness (QED) is 0.487. The predicted molar refractivity (Wildman–Crippen MR) is 113 cm³/mol. The molecule has 5 nitrogen and oxygen atoms in total. The van der Waals surface area contributed by atoms with Gasteiger partial charge >= 0.3 is 0 Å². The second kappa shape index (κ2) is 11.8. The summed E-state index contributed by atoms with van der Waals surface area (Å²) in [5.74, 6) is 1.75. The van der Waals surface area contributed by atoms with Gasteiger partial charge in [-0.1, -0.05) is 20.8 Å². The van der Waals surface area contributed by atoms with Gasteiger partial charge in [0.25, 0.3) is 0 Å². The van der Waals surface area contributed by atoms with Crippen LogP contribution in [-0.2, 0) is 0 Å². The molecule has 1 unspecified atom stereocenters. The molecule has 2 fully saturated rings. The summed E-state index contributed by atoms with van der Waals surface area (Å²) in [6.45, 7) is 17.1. The van der Waals surface area contributed by atoms with Gasteiger partial charge in [-0.25, -0.2) is 0 Å². The van der Waals surface area contributed by atoms with Gasteiger partial charge < -0.3 is 15.5 Å². The zero-order valence-electron chi connectivity index (χ0n) is 17.8. The fourth-order valence-electron chi connectivity index (χ4n) is 4.32. The summed E-state index contributed by atoms with van der Waals surface area (Å²) >= 11 is 0. The minimum absolute atomic E-state index is 0.566. The molecule has 0 amide bonds. The first-order valence-corrected chi connectivity index (χ1v) is 11.1. The minimum atomic E-state index is 0.566. The average Bonchev–Trinajstić information content (AvgIpc) is 3.15. The fourth-order valence-corrected chi connectivity index (χ4v) is 4.32. The molecule has 0 aromatic carbocycles. The maximum Gasteiger partial charge on any atom is 0.191 e. The Bertz CT molecular complexity index is 395. The molecule has 0 spiro atoms. The van der Waals surface area contributed by atoms with E-state index in [0.29, 0.717) is 12.1 Å². The van der Waals surface area contributed by atoms with Crippen LogP contribution in [0.1, 0.15) is 66.2 Å². The normalized spacial score (nSPS) is 22.1. The van der Waals surface area contributed by atoms with Crippen LogP contribution in [0.15, 0.2) is 4.99 Å². The third-order valence-corrected chi connectivity index (χ3v) is 5.67. The number of hydrogen-bond donors (Lipinski definition) is 2. The zero-order chi connectivity index (χ0) is 18.8. The van der Waals surface area contributed by atoms with E-state index in [-0.39, 0.29) is 0 Å². The van der Waals surface area contributed by atoms with Crippen LogP contribution in [0.2, 0.25) is 0 Å². The van der Waals surface area contributed by atoms with Crippen molar-refractivity contribution < 1.29 is 0 Å². The Hall–Kier alpha value is -0.810. The molecule has 5 heteroatoms. The molecule has 2 aliphatic rings. The summed E-state index contributed by atoms with van der Waals surface area (Å²) in [6, 6.07) is 1.16. The average molecular weight is 366 g/mol. The lowest BCUT2D eigenvalue weighted by atomic mass is 10.0. The van der Waals surface area contributed by atoms with Gasteiger partial charge in [-0.05, 0) is 71.0 Å². The van der Waals surface area contributed by atoms with Crippen LogP contribution >= 0.6 is 0 Å². The summed E-state index contributed by atoms with van der Waals surface area (Å²) < 4.78 is 0. The maximum absolute atomic E-state index is 5.00. The van der Waals surface area contributed by atoms with E-state index < -0.39 is 0 Å². The third kappa shape index (κ3) is 7.43. The number of hydrogen-bond acceptors (Lipinski definition) is 3. The number of likely N-dealkylation sites (tertiary alicyclic amines) is 2. The van der Waals surface area contributed by atoms with Crippen molar-refractivity contribution in [2.45, 2.75) is 78.3 Å². The van der Waals surface area contributed by atoms with Gasteiger partial charge in [0, 0.05) is 31.7 Å². The van der Waals surface area contributed by atoms with Crippen LogP contribution in [0.4, 0.5) is 0 Å². The molecule has 26 heavy (non-hydrogen) atoms. The Balaban J connectivity index is 1.87. The standard InChI is InChI=1S/C21H43N5/c1-5-11-25-14-9-19(10-15-25)24-21(22-6-2)23-17-20(16-18(3)4)26-12-7-8-13-26/h18-20H,5-17H2,1-4H3,(H2,22,23,24). The Morgan fingerprint density at radius 1 is 1.08 bits per heavy atom. The molecule has 0 bridgehead atoms. The van der Waals surface area contributed by atoms with Gasteiger partial charge in [-0.15, -0.1) is 0 Å². The van der Waals surface area contributed by atoms with Crippen LogP contribution in [0.5, 0.6) is 0 Å². The smallest absolute Gasteiger partial charge is 0.191 e. The van der Waals surface area contributed by atoms with E-state index in [1.807, 2.05) is 0 Å². The summed E-state index contributed by atoms with van der Waals surface area (Å²) in [5.41, 5.74) is 0. The van der Waals surface area contributed by atoms with Crippen LogP contribution in [0, 0.1) is 5.92 Å². The fraction of sp³-hybridized carbons (Fsp3) is 0.952. The minimum Gasteiger partial charge on any atom is -0.357 e. The molecule has 2 heterocycles. The number of nitrogens with zero attached hydrogens (tertiary/aromatic N) is 3. The lowest BCUT2D eigenvalue weighted by Gasteiger charge is -2.33. The lowest BCUT2D eigenvalue weighted by molar-refractivity contribution is 0.205. The number of guanidine groups is 1. The molecule has 0 radical (unpaired) electrons.